The van der Waals surface area contributed by atoms with Crippen LogP contribution in [-0.4, -0.2) is 22.2 Å². The molecule has 0 spiro atoms. The summed E-state index contributed by atoms with van der Waals surface area (Å²) in [6.45, 7) is 0.828. The normalized spacial score (nSPS) is 27.8. The molecule has 0 bridgehead atoms. The fourth-order valence-electron chi connectivity index (χ4n) is 2.07. The zero-order valence-electron chi connectivity index (χ0n) is 8.37. The number of aliphatic hydroxyl groups is 1. The van der Waals surface area contributed by atoms with E-state index < -0.39 is 0 Å². The molecule has 0 unspecified atom stereocenters. The Balaban J connectivity index is 1.79. The summed E-state index contributed by atoms with van der Waals surface area (Å²) in [5.74, 6) is 0. The molecule has 0 radical (unpaired) electrons. The van der Waals surface area contributed by atoms with E-state index in [0.29, 0.717) is 0 Å². The molecular formula is C11H18N2O. The lowest BCUT2D eigenvalue weighted by Gasteiger charge is -2.28. The molecule has 1 aromatic heterocycles. The van der Waals surface area contributed by atoms with E-state index in [2.05, 4.69) is 16.4 Å². The highest BCUT2D eigenvalue weighted by Crippen LogP contribution is 2.18. The number of nitrogens with one attached hydrogen (secondary N) is 2. The summed E-state index contributed by atoms with van der Waals surface area (Å²) in [5.41, 5.74) is 1.18. The quantitative estimate of drug-likeness (QED) is 0.681. The second-order valence-corrected chi connectivity index (χ2v) is 4.03. The van der Waals surface area contributed by atoms with Gasteiger partial charge in [0, 0.05) is 24.5 Å². The van der Waals surface area contributed by atoms with Crippen molar-refractivity contribution in [2.75, 3.05) is 0 Å². The minimum absolute atomic E-state index is 0.154. The smallest absolute Gasteiger partial charge is 0.0693 e. The Labute approximate surface area is 84.5 Å². The Morgan fingerprint density at radius 1 is 1.43 bits per heavy atom. The van der Waals surface area contributed by atoms with Crippen molar-refractivity contribution < 1.29 is 5.11 Å². The SMILES string of the molecule is O[C@@H]1CCCC[C@H]1NCc1ccc[nH]1. The Bertz CT molecular complexity index is 258. The zero-order chi connectivity index (χ0) is 9.80. The van der Waals surface area contributed by atoms with Gasteiger partial charge in [0.15, 0.2) is 0 Å². The number of aromatic nitrogens is 1. The van der Waals surface area contributed by atoms with E-state index in [1.807, 2.05) is 12.3 Å². The Hall–Kier alpha value is -0.800. The molecule has 2 atom stereocenters. The highest BCUT2D eigenvalue weighted by molar-refractivity contribution is 5.03. The van der Waals surface area contributed by atoms with Gasteiger partial charge < -0.3 is 15.4 Å². The number of rotatable bonds is 3. The monoisotopic (exact) mass is 194 g/mol. The average Bonchev–Trinajstić information content (AvgIpc) is 2.69. The third-order valence-corrected chi connectivity index (χ3v) is 2.95. The molecule has 14 heavy (non-hydrogen) atoms. The summed E-state index contributed by atoms with van der Waals surface area (Å²) in [4.78, 5) is 3.15. The predicted octanol–water partition coefficient (Wildman–Crippen LogP) is 1.41. The van der Waals surface area contributed by atoms with E-state index in [-0.39, 0.29) is 12.1 Å². The molecule has 0 aliphatic heterocycles. The number of hydrogen-bond acceptors (Lipinski definition) is 2. The van der Waals surface area contributed by atoms with Crippen molar-refractivity contribution in [3.05, 3.63) is 24.0 Å². The lowest BCUT2D eigenvalue weighted by Crippen LogP contribution is -2.41. The third-order valence-electron chi connectivity index (χ3n) is 2.95. The molecule has 1 aromatic rings. The van der Waals surface area contributed by atoms with Crippen molar-refractivity contribution in [3.8, 4) is 0 Å². The van der Waals surface area contributed by atoms with Gasteiger partial charge in [0.25, 0.3) is 0 Å². The van der Waals surface area contributed by atoms with Gasteiger partial charge in [-0.15, -0.1) is 0 Å². The van der Waals surface area contributed by atoms with Gasteiger partial charge in [-0.1, -0.05) is 12.8 Å². The first kappa shape index (κ1) is 9.74. The average molecular weight is 194 g/mol. The van der Waals surface area contributed by atoms with Crippen molar-refractivity contribution in [3.63, 3.8) is 0 Å². The molecule has 3 N–H and O–H groups in total. The summed E-state index contributed by atoms with van der Waals surface area (Å²) in [6, 6.07) is 4.34. The first-order valence-electron chi connectivity index (χ1n) is 5.40. The summed E-state index contributed by atoms with van der Waals surface area (Å²) in [7, 11) is 0. The minimum Gasteiger partial charge on any atom is -0.392 e. The van der Waals surface area contributed by atoms with Crippen molar-refractivity contribution in [1.29, 1.82) is 0 Å². The van der Waals surface area contributed by atoms with Crippen LogP contribution in [0.4, 0.5) is 0 Å². The van der Waals surface area contributed by atoms with Gasteiger partial charge >= 0.3 is 0 Å². The van der Waals surface area contributed by atoms with Gasteiger partial charge in [-0.3, -0.25) is 0 Å². The molecule has 1 heterocycles. The first-order chi connectivity index (χ1) is 6.86. The molecule has 2 rings (SSSR count). The molecule has 0 amide bonds. The molecule has 1 saturated carbocycles. The van der Waals surface area contributed by atoms with Gasteiger partial charge in [0.2, 0.25) is 0 Å². The van der Waals surface area contributed by atoms with E-state index in [9.17, 15) is 5.11 Å². The van der Waals surface area contributed by atoms with Crippen molar-refractivity contribution in [1.82, 2.24) is 10.3 Å². The maximum absolute atomic E-state index is 9.72. The van der Waals surface area contributed by atoms with Gasteiger partial charge in [-0.2, -0.15) is 0 Å². The fraction of sp³-hybridized carbons (Fsp3) is 0.636. The Morgan fingerprint density at radius 3 is 3.00 bits per heavy atom. The van der Waals surface area contributed by atoms with E-state index in [4.69, 9.17) is 0 Å². The summed E-state index contributed by atoms with van der Waals surface area (Å²) in [6.07, 6.45) is 6.22. The van der Waals surface area contributed by atoms with Crippen LogP contribution in [-0.2, 0) is 6.54 Å². The molecular weight excluding hydrogens is 176 g/mol. The second kappa shape index (κ2) is 4.62. The topological polar surface area (TPSA) is 48.0 Å². The predicted molar refractivity (Wildman–Crippen MR) is 55.9 cm³/mol. The van der Waals surface area contributed by atoms with Crippen LogP contribution in [0.2, 0.25) is 0 Å². The van der Waals surface area contributed by atoms with Crippen LogP contribution in [0, 0.1) is 0 Å². The van der Waals surface area contributed by atoms with Crippen LogP contribution in [0.25, 0.3) is 0 Å². The first-order valence-corrected chi connectivity index (χ1v) is 5.40. The molecule has 1 fully saturated rings. The van der Waals surface area contributed by atoms with Crippen LogP contribution in [0.3, 0.4) is 0 Å². The number of hydrogen-bond donors (Lipinski definition) is 3. The Kier molecular flexibility index (Phi) is 3.22. The number of aliphatic hydroxyl groups excluding tert-OH is 1. The second-order valence-electron chi connectivity index (χ2n) is 4.03. The molecule has 0 saturated heterocycles. The molecule has 0 aromatic carbocycles. The standard InChI is InChI=1S/C11H18N2O/c14-11-6-2-1-5-10(11)13-8-9-4-3-7-12-9/h3-4,7,10-14H,1-2,5-6,8H2/t10-,11-/m1/s1. The number of aromatic amines is 1. The summed E-state index contributed by atoms with van der Waals surface area (Å²) >= 11 is 0. The fourth-order valence-corrected chi connectivity index (χ4v) is 2.07. The lowest BCUT2D eigenvalue weighted by molar-refractivity contribution is 0.0901. The van der Waals surface area contributed by atoms with Gasteiger partial charge in [0.05, 0.1) is 6.10 Å². The molecule has 3 heteroatoms. The molecule has 1 aliphatic rings. The Morgan fingerprint density at radius 2 is 2.29 bits per heavy atom. The molecule has 3 nitrogen and oxygen atoms in total. The van der Waals surface area contributed by atoms with Crippen LogP contribution in [0.15, 0.2) is 18.3 Å². The van der Waals surface area contributed by atoms with Gasteiger partial charge in [-0.05, 0) is 25.0 Å². The number of H-pyrrole nitrogens is 1. The minimum atomic E-state index is -0.154. The van der Waals surface area contributed by atoms with Gasteiger partial charge in [-0.25, -0.2) is 0 Å². The highest BCUT2D eigenvalue weighted by atomic mass is 16.3. The van der Waals surface area contributed by atoms with Crippen molar-refractivity contribution in [2.24, 2.45) is 0 Å². The zero-order valence-corrected chi connectivity index (χ0v) is 8.37. The van der Waals surface area contributed by atoms with E-state index >= 15 is 0 Å². The van der Waals surface area contributed by atoms with Crippen molar-refractivity contribution >= 4 is 0 Å². The summed E-state index contributed by atoms with van der Waals surface area (Å²) in [5, 5.41) is 13.1. The van der Waals surface area contributed by atoms with E-state index in [1.54, 1.807) is 0 Å². The van der Waals surface area contributed by atoms with E-state index in [1.165, 1.54) is 18.5 Å². The third kappa shape index (κ3) is 2.36. The van der Waals surface area contributed by atoms with Crippen LogP contribution < -0.4 is 5.32 Å². The summed E-state index contributed by atoms with van der Waals surface area (Å²) < 4.78 is 0. The van der Waals surface area contributed by atoms with Gasteiger partial charge in [0.1, 0.15) is 0 Å². The molecule has 1 aliphatic carbocycles. The lowest BCUT2D eigenvalue weighted by atomic mass is 9.92. The maximum Gasteiger partial charge on any atom is 0.0693 e. The van der Waals surface area contributed by atoms with Crippen molar-refractivity contribution in [2.45, 2.75) is 44.4 Å². The van der Waals surface area contributed by atoms with Crippen LogP contribution in [0.5, 0.6) is 0 Å². The highest BCUT2D eigenvalue weighted by Gasteiger charge is 2.21. The van der Waals surface area contributed by atoms with E-state index in [0.717, 1.165) is 19.4 Å². The van der Waals surface area contributed by atoms with Crippen LogP contribution in [0.1, 0.15) is 31.4 Å². The molecule has 78 valence electrons. The van der Waals surface area contributed by atoms with Crippen LogP contribution >= 0.6 is 0 Å². The maximum atomic E-state index is 9.72. The largest absolute Gasteiger partial charge is 0.392 e.